The summed E-state index contributed by atoms with van der Waals surface area (Å²) in [5.41, 5.74) is -0.577. The van der Waals surface area contributed by atoms with Crippen molar-refractivity contribution in [1.82, 2.24) is 0 Å². The van der Waals surface area contributed by atoms with Crippen LogP contribution in [0.2, 0.25) is 0 Å². The lowest BCUT2D eigenvalue weighted by molar-refractivity contribution is -0.128. The molecule has 0 radical (unpaired) electrons. The third kappa shape index (κ3) is 1.51. The summed E-state index contributed by atoms with van der Waals surface area (Å²) in [6.45, 7) is -0.313. The van der Waals surface area contributed by atoms with Gasteiger partial charge in [-0.1, -0.05) is 18.2 Å². The monoisotopic (exact) mass is 301 g/mol. The predicted molar refractivity (Wildman–Crippen MR) is 76.3 cm³/mol. The molecule has 0 aromatic heterocycles. The van der Waals surface area contributed by atoms with Crippen molar-refractivity contribution in [1.29, 1.82) is 0 Å². The van der Waals surface area contributed by atoms with Gasteiger partial charge in [0.15, 0.2) is 0 Å². The van der Waals surface area contributed by atoms with Gasteiger partial charge in [-0.3, -0.25) is 9.59 Å². The summed E-state index contributed by atoms with van der Waals surface area (Å²) in [4.78, 5) is 26.7. The molecule has 6 heteroatoms. The summed E-state index contributed by atoms with van der Waals surface area (Å²) in [5, 5.41) is 9.66. The molecule has 3 aliphatic rings. The van der Waals surface area contributed by atoms with Crippen molar-refractivity contribution in [2.75, 3.05) is 18.6 Å². The van der Waals surface area contributed by atoms with Crippen LogP contribution in [0.3, 0.4) is 0 Å². The molecule has 4 atom stereocenters. The minimum atomic E-state index is -1.06. The molecule has 3 heterocycles. The van der Waals surface area contributed by atoms with Crippen LogP contribution < -0.4 is 9.64 Å². The molecule has 0 saturated carbocycles. The second kappa shape index (κ2) is 4.41. The fraction of sp³-hybridized carbons (Fsp3) is 0.375. The van der Waals surface area contributed by atoms with E-state index in [-0.39, 0.29) is 18.4 Å². The molecular formula is C16H15NO5. The Labute approximate surface area is 126 Å². The molecular weight excluding hydrogens is 286 g/mol. The molecule has 1 aromatic rings. The van der Waals surface area contributed by atoms with Gasteiger partial charge in [0.1, 0.15) is 11.4 Å². The highest BCUT2D eigenvalue weighted by Crippen LogP contribution is 2.52. The first-order chi connectivity index (χ1) is 10.6. The zero-order valence-electron chi connectivity index (χ0n) is 11.9. The number of aliphatic hydroxyl groups excluding tert-OH is 1. The van der Waals surface area contributed by atoms with E-state index < -0.39 is 23.5 Å². The Morgan fingerprint density at radius 3 is 2.91 bits per heavy atom. The second-order valence-electron chi connectivity index (χ2n) is 5.77. The number of methoxy groups -OCH3 is 1. The number of rotatable bonds is 3. The van der Waals surface area contributed by atoms with E-state index in [1.54, 1.807) is 36.4 Å². The van der Waals surface area contributed by atoms with Gasteiger partial charge in [-0.25, -0.2) is 4.90 Å². The van der Waals surface area contributed by atoms with Gasteiger partial charge in [-0.15, -0.1) is 0 Å². The number of aliphatic hydroxyl groups is 1. The van der Waals surface area contributed by atoms with E-state index in [0.717, 1.165) is 0 Å². The first kappa shape index (κ1) is 13.5. The van der Waals surface area contributed by atoms with E-state index in [4.69, 9.17) is 9.47 Å². The fourth-order valence-corrected chi connectivity index (χ4v) is 3.69. The summed E-state index contributed by atoms with van der Waals surface area (Å²) >= 11 is 0. The van der Waals surface area contributed by atoms with Gasteiger partial charge in [0.25, 0.3) is 0 Å². The molecule has 2 fully saturated rings. The highest BCUT2D eigenvalue weighted by molar-refractivity contribution is 6.23. The average Bonchev–Trinajstić information content (AvgIpc) is 3.18. The Balaban J connectivity index is 1.76. The lowest BCUT2D eigenvalue weighted by Gasteiger charge is -2.26. The molecule has 1 N–H and O–H groups in total. The molecule has 6 nitrogen and oxygen atoms in total. The third-order valence-corrected chi connectivity index (χ3v) is 4.71. The first-order valence-corrected chi connectivity index (χ1v) is 7.11. The summed E-state index contributed by atoms with van der Waals surface area (Å²) < 4.78 is 10.8. The maximum atomic E-state index is 12.8. The maximum Gasteiger partial charge on any atom is 0.241 e. The van der Waals surface area contributed by atoms with Crippen molar-refractivity contribution >= 4 is 17.5 Å². The highest BCUT2D eigenvalue weighted by Gasteiger charge is 2.67. The van der Waals surface area contributed by atoms with Crippen LogP contribution in [0.25, 0.3) is 0 Å². The van der Waals surface area contributed by atoms with Crippen molar-refractivity contribution in [3.05, 3.63) is 36.4 Å². The highest BCUT2D eigenvalue weighted by atomic mass is 16.5. The summed E-state index contributed by atoms with van der Waals surface area (Å²) in [7, 11) is 1.53. The van der Waals surface area contributed by atoms with Crippen LogP contribution in [-0.4, -0.2) is 42.3 Å². The Morgan fingerprint density at radius 1 is 1.36 bits per heavy atom. The van der Waals surface area contributed by atoms with Crippen LogP contribution in [0.4, 0.5) is 5.69 Å². The first-order valence-electron chi connectivity index (χ1n) is 7.11. The molecule has 4 rings (SSSR count). The van der Waals surface area contributed by atoms with Crippen molar-refractivity contribution in [2.24, 2.45) is 11.8 Å². The number of imide groups is 1. The standard InChI is InChI=1S/C16H15NO5/c1-21-10-4-2-3-9(7-10)17-14(19)12-11-5-6-16(8-18,22-11)13(12)15(17)20/h2-7,11-13,18H,8H2,1H3/t11-,12+,13+,16-/m1/s1. The number of amides is 2. The third-order valence-electron chi connectivity index (χ3n) is 4.71. The SMILES string of the molecule is COc1cccc(N2C(=O)[C@@H]3[C@@H](C2=O)[C@]2(CO)C=C[C@H]3O2)c1. The van der Waals surface area contributed by atoms with Gasteiger partial charge >= 0.3 is 0 Å². The van der Waals surface area contributed by atoms with Gasteiger partial charge in [0, 0.05) is 6.07 Å². The number of hydrogen-bond acceptors (Lipinski definition) is 5. The number of carbonyl (C=O) groups excluding carboxylic acids is 2. The van der Waals surface area contributed by atoms with Crippen molar-refractivity contribution < 1.29 is 24.2 Å². The second-order valence-corrected chi connectivity index (χ2v) is 5.77. The Morgan fingerprint density at radius 2 is 2.18 bits per heavy atom. The lowest BCUT2D eigenvalue weighted by atomic mass is 9.77. The normalized spacial score (nSPS) is 35.4. The maximum absolute atomic E-state index is 12.8. The number of ether oxygens (including phenoxy) is 2. The Kier molecular flexibility index (Phi) is 2.70. The van der Waals surface area contributed by atoms with E-state index in [0.29, 0.717) is 11.4 Å². The molecule has 0 aliphatic carbocycles. The lowest BCUT2D eigenvalue weighted by Crippen LogP contribution is -2.43. The molecule has 1 aromatic carbocycles. The molecule has 2 amide bonds. The van der Waals surface area contributed by atoms with Crippen molar-refractivity contribution in [3.63, 3.8) is 0 Å². The van der Waals surface area contributed by atoms with Gasteiger partial charge in [0.2, 0.25) is 11.8 Å². The number of anilines is 1. The van der Waals surface area contributed by atoms with E-state index in [2.05, 4.69) is 0 Å². The van der Waals surface area contributed by atoms with E-state index in [9.17, 15) is 14.7 Å². The molecule has 0 spiro atoms. The average molecular weight is 301 g/mol. The zero-order chi connectivity index (χ0) is 15.5. The van der Waals surface area contributed by atoms with Gasteiger partial charge in [-0.05, 0) is 12.1 Å². The molecule has 3 aliphatic heterocycles. The van der Waals surface area contributed by atoms with Crippen LogP contribution in [-0.2, 0) is 14.3 Å². The smallest absolute Gasteiger partial charge is 0.241 e. The van der Waals surface area contributed by atoms with Crippen LogP contribution in [0, 0.1) is 11.8 Å². The predicted octanol–water partition coefficient (Wildman–Crippen LogP) is 0.500. The van der Waals surface area contributed by atoms with Crippen LogP contribution in [0.15, 0.2) is 36.4 Å². The zero-order valence-corrected chi connectivity index (χ0v) is 11.9. The Bertz CT molecular complexity index is 700. The van der Waals surface area contributed by atoms with Crippen LogP contribution >= 0.6 is 0 Å². The van der Waals surface area contributed by atoms with Gasteiger partial charge < -0.3 is 14.6 Å². The topological polar surface area (TPSA) is 76.1 Å². The minimum Gasteiger partial charge on any atom is -0.497 e. The Hall–Kier alpha value is -2.18. The summed E-state index contributed by atoms with van der Waals surface area (Å²) in [5.74, 6) is -1.26. The fourth-order valence-electron chi connectivity index (χ4n) is 3.69. The number of carbonyl (C=O) groups is 2. The van der Waals surface area contributed by atoms with Gasteiger partial charge in [-0.2, -0.15) is 0 Å². The number of hydrogen-bond donors (Lipinski definition) is 1. The number of fused-ring (bicyclic) bond motifs is 5. The van der Waals surface area contributed by atoms with Crippen LogP contribution in [0.1, 0.15) is 0 Å². The number of benzene rings is 1. The molecule has 2 bridgehead atoms. The molecule has 22 heavy (non-hydrogen) atoms. The molecule has 2 saturated heterocycles. The van der Waals surface area contributed by atoms with Gasteiger partial charge in [0.05, 0.1) is 37.3 Å². The summed E-state index contributed by atoms with van der Waals surface area (Å²) in [6, 6.07) is 6.83. The van der Waals surface area contributed by atoms with Crippen molar-refractivity contribution in [3.8, 4) is 5.75 Å². The minimum absolute atomic E-state index is 0.284. The molecule has 114 valence electrons. The molecule has 0 unspecified atom stereocenters. The largest absolute Gasteiger partial charge is 0.497 e. The summed E-state index contributed by atoms with van der Waals surface area (Å²) in [6.07, 6.45) is 3.03. The van der Waals surface area contributed by atoms with Crippen molar-refractivity contribution in [2.45, 2.75) is 11.7 Å². The van der Waals surface area contributed by atoms with E-state index in [1.807, 2.05) is 0 Å². The van der Waals surface area contributed by atoms with E-state index >= 15 is 0 Å². The van der Waals surface area contributed by atoms with Crippen LogP contribution in [0.5, 0.6) is 5.75 Å². The van der Waals surface area contributed by atoms with E-state index in [1.165, 1.54) is 12.0 Å². The quantitative estimate of drug-likeness (QED) is 0.650. The number of nitrogens with zero attached hydrogens (tertiary/aromatic N) is 1.